The number of carbonyl (C=O) groups is 6. The molecule has 0 unspecified atom stereocenters. The maximum Gasteiger partial charge on any atom is 0.408 e. The van der Waals surface area contributed by atoms with Crippen LogP contribution in [-0.2, 0) is 38.2 Å². The maximum atomic E-state index is 14.5. The van der Waals surface area contributed by atoms with E-state index in [0.717, 1.165) is 51.1 Å². The van der Waals surface area contributed by atoms with Gasteiger partial charge in [-0.25, -0.2) is 4.79 Å². The average molecular weight is 1240 g/mol. The molecule has 8 aromatic rings. The third-order valence-electron chi connectivity index (χ3n) is 15.6. The number of carboxylic acids is 1. The third kappa shape index (κ3) is 16.8. The summed E-state index contributed by atoms with van der Waals surface area (Å²) in [4.78, 5) is 77.9. The molecule has 4 amide bonds. The van der Waals surface area contributed by atoms with E-state index < -0.39 is 58.3 Å². The van der Waals surface area contributed by atoms with Crippen LogP contribution in [-0.4, -0.2) is 94.2 Å². The minimum absolute atomic E-state index is 0.0527. The summed E-state index contributed by atoms with van der Waals surface area (Å²) in [7, 11) is 0. The minimum atomic E-state index is -1.53. The highest BCUT2D eigenvalue weighted by Gasteiger charge is 2.42. The molecule has 8 aromatic carbocycles. The zero-order chi connectivity index (χ0) is 64.1. The second-order valence-electron chi connectivity index (χ2n) is 22.9. The first-order chi connectivity index (χ1) is 43.4. The zero-order valence-electron chi connectivity index (χ0n) is 51.3. The quantitative estimate of drug-likeness (QED) is 0.0163. The highest BCUT2D eigenvalue weighted by atomic mass is 32.2. The van der Waals surface area contributed by atoms with E-state index in [4.69, 9.17) is 9.84 Å². The van der Waals surface area contributed by atoms with Crippen LogP contribution in [0.25, 0.3) is 11.1 Å². The summed E-state index contributed by atoms with van der Waals surface area (Å²) < 4.78 is 4.58. The van der Waals surface area contributed by atoms with Gasteiger partial charge in [-0.3, -0.25) is 24.0 Å². The lowest BCUT2D eigenvalue weighted by Crippen LogP contribution is -2.61. The van der Waals surface area contributed by atoms with Crippen molar-refractivity contribution in [3.05, 3.63) is 287 Å². The van der Waals surface area contributed by atoms with Crippen LogP contribution in [0.15, 0.2) is 243 Å². The molecule has 0 spiro atoms. The number of amides is 4. The molecule has 0 radical (unpaired) electrons. The van der Waals surface area contributed by atoms with Crippen molar-refractivity contribution in [2.45, 2.75) is 86.6 Å². The lowest BCUT2D eigenvalue weighted by molar-refractivity contribution is -0.138. The number of nitrogens with one attached hydrogen (secondary N) is 4. The molecule has 464 valence electrons. The summed E-state index contributed by atoms with van der Waals surface area (Å²) in [6.45, 7) is 7.89. The average Bonchev–Trinajstić information content (AvgIpc) is 1.30. The van der Waals surface area contributed by atoms with Crippen LogP contribution in [0, 0.1) is 5.92 Å². The molecule has 0 saturated heterocycles. The number of carboxylic acid groups (broad SMARTS) is 1. The van der Waals surface area contributed by atoms with Crippen molar-refractivity contribution in [3.8, 4) is 11.1 Å². The van der Waals surface area contributed by atoms with E-state index in [1.807, 2.05) is 163 Å². The molecular formula is C75H78N4O9S2. The minimum Gasteiger partial charge on any atom is -0.481 e. The topological polar surface area (TPSA) is 200 Å². The number of aliphatic hydroxyl groups excluding tert-OH is 1. The summed E-state index contributed by atoms with van der Waals surface area (Å²) in [5.74, 6) is -2.65. The molecule has 1 aliphatic rings. The van der Waals surface area contributed by atoms with E-state index in [1.165, 1.54) is 35.4 Å². The van der Waals surface area contributed by atoms with E-state index in [0.29, 0.717) is 0 Å². The molecule has 90 heavy (non-hydrogen) atoms. The smallest absolute Gasteiger partial charge is 0.408 e. The Kier molecular flexibility index (Phi) is 23.8. The van der Waals surface area contributed by atoms with E-state index in [-0.39, 0.29) is 47.7 Å². The van der Waals surface area contributed by atoms with Gasteiger partial charge >= 0.3 is 12.1 Å². The first kappa shape index (κ1) is 66.9. The number of Topliss-reactive ketones (excluding diaryl/α,β-unsaturated/α-hetero) is 1. The molecule has 9 rings (SSSR count). The number of allylic oxidation sites excluding steroid dienone is 1. The van der Waals surface area contributed by atoms with Crippen LogP contribution in [0.4, 0.5) is 4.79 Å². The highest BCUT2D eigenvalue weighted by Crippen LogP contribution is 2.50. The van der Waals surface area contributed by atoms with Crippen LogP contribution < -0.4 is 21.3 Å². The van der Waals surface area contributed by atoms with Crippen LogP contribution in [0.2, 0.25) is 0 Å². The van der Waals surface area contributed by atoms with Crippen molar-refractivity contribution < 1.29 is 43.7 Å². The Labute approximate surface area is 536 Å². The summed E-state index contributed by atoms with van der Waals surface area (Å²) in [6, 6.07) is 75.2. The first-order valence-electron chi connectivity index (χ1n) is 30.1. The van der Waals surface area contributed by atoms with Gasteiger partial charge in [-0.1, -0.05) is 257 Å². The van der Waals surface area contributed by atoms with Gasteiger partial charge in [0.15, 0.2) is 0 Å². The van der Waals surface area contributed by atoms with Crippen molar-refractivity contribution >= 4 is 59.1 Å². The fraction of sp³-hybridized carbons (Fsp3) is 0.253. The Bertz CT molecular complexity index is 3450. The molecule has 6 N–H and O–H groups in total. The number of aliphatic hydroxyl groups is 1. The summed E-state index contributed by atoms with van der Waals surface area (Å²) in [5.41, 5.74) is 9.27. The second kappa shape index (κ2) is 31.9. The van der Waals surface area contributed by atoms with Crippen molar-refractivity contribution in [2.75, 3.05) is 24.7 Å². The predicted octanol–water partition coefficient (Wildman–Crippen LogP) is 12.9. The van der Waals surface area contributed by atoms with Crippen LogP contribution >= 0.6 is 23.5 Å². The zero-order valence-corrected chi connectivity index (χ0v) is 52.9. The van der Waals surface area contributed by atoms with Gasteiger partial charge in [0.05, 0.1) is 28.6 Å². The molecule has 0 bridgehead atoms. The Hall–Kier alpha value is -9.02. The molecule has 0 saturated carbocycles. The number of hydrogen-bond donors (Lipinski definition) is 6. The Morgan fingerprint density at radius 1 is 0.556 bits per heavy atom. The fourth-order valence-corrected chi connectivity index (χ4v) is 14.1. The van der Waals surface area contributed by atoms with E-state index in [2.05, 4.69) is 106 Å². The molecule has 0 aromatic heterocycles. The lowest BCUT2D eigenvalue weighted by Gasteiger charge is -2.37. The number of carbonyl (C=O) groups excluding carboxylic acids is 5. The maximum absolute atomic E-state index is 14.5. The number of thioether (sulfide) groups is 2. The fourth-order valence-electron chi connectivity index (χ4n) is 11.1. The van der Waals surface area contributed by atoms with Crippen LogP contribution in [0.5, 0.6) is 0 Å². The van der Waals surface area contributed by atoms with Gasteiger partial charge in [0.25, 0.3) is 0 Å². The number of alkyl carbamates (subject to hydrolysis) is 1. The van der Waals surface area contributed by atoms with Crippen molar-refractivity contribution in [2.24, 2.45) is 5.92 Å². The van der Waals surface area contributed by atoms with Gasteiger partial charge in [0, 0.05) is 11.7 Å². The number of rotatable bonds is 27. The Balaban J connectivity index is 0.000000291. The van der Waals surface area contributed by atoms with Crippen molar-refractivity contribution in [1.82, 2.24) is 21.3 Å². The molecule has 13 nitrogen and oxygen atoms in total. The van der Waals surface area contributed by atoms with Gasteiger partial charge < -0.3 is 36.2 Å². The number of benzene rings is 8. The third-order valence-corrected chi connectivity index (χ3v) is 18.8. The monoisotopic (exact) mass is 1240 g/mol. The van der Waals surface area contributed by atoms with E-state index in [9.17, 15) is 33.9 Å². The van der Waals surface area contributed by atoms with Gasteiger partial charge in [-0.2, -0.15) is 0 Å². The standard InChI is InChI=1S/C49H52N4O6S.C26H26O3S/c1-32(2)43(45(56)50-29-33(3)54)52-44(55)42(31-60-49(34-19-9-6-10-20-34,35-21-11-7-12-22-35)36-23-13-8-14-24-36)51-46(57)48(4,5)53-47(58)59-30-41-39-27-17-15-25-37(39)38-26-16-18-28-40(38)41;27-24(20-25(28)29)18-10-11-19-30-26(21-12-4-1-5-13-21,22-14-6-2-7-15-22)23-16-8-3-9-17-23/h6-28,32,41-43H,29-31H2,1-5H3,(H,50,56)(H,51,57)(H,52,55)(H,53,58);1-10,12-18,24,27H,11,19-20H2,(H,28,29)/b;18-10+/t42-,43-;24-/m11/s1. The highest BCUT2D eigenvalue weighted by molar-refractivity contribution is 8.00. The number of aliphatic carboxylic acids is 1. The SMILES string of the molecule is CC(=O)CNC(=O)[C@H](NC(=O)[C@@H](CSC(c1ccccc1)(c1ccccc1)c1ccccc1)NC(=O)C(C)(C)NC(=O)OCC1c2ccccc2-c2ccccc21)C(C)C.O=C(O)C[C@H](O)/C=C/CCSC(c1ccccc1)(c1ccccc1)c1ccccc1. The number of ketones is 1. The van der Waals surface area contributed by atoms with Crippen molar-refractivity contribution in [1.29, 1.82) is 0 Å². The van der Waals surface area contributed by atoms with Gasteiger partial charge in [-0.05, 0) is 94.5 Å². The molecule has 1 aliphatic carbocycles. The summed E-state index contributed by atoms with van der Waals surface area (Å²) in [5, 5.41) is 29.6. The predicted molar refractivity (Wildman–Crippen MR) is 360 cm³/mol. The molecule has 0 fully saturated rings. The van der Waals surface area contributed by atoms with Gasteiger partial charge in [-0.15, -0.1) is 23.5 Å². The molecular weight excluding hydrogens is 1160 g/mol. The molecule has 3 atom stereocenters. The van der Waals surface area contributed by atoms with E-state index in [1.54, 1.807) is 33.8 Å². The number of hydrogen-bond acceptors (Lipinski definition) is 10. The lowest BCUT2D eigenvalue weighted by atomic mass is 9.84. The summed E-state index contributed by atoms with van der Waals surface area (Å²) in [6.07, 6.45) is 2.16. The normalized spacial score (nSPS) is 13.1. The Morgan fingerprint density at radius 3 is 1.36 bits per heavy atom. The first-order valence-corrected chi connectivity index (χ1v) is 32.1. The molecule has 15 heteroatoms. The van der Waals surface area contributed by atoms with Crippen LogP contribution in [0.3, 0.4) is 0 Å². The van der Waals surface area contributed by atoms with E-state index >= 15 is 0 Å². The Morgan fingerprint density at radius 2 is 0.956 bits per heavy atom. The van der Waals surface area contributed by atoms with Crippen molar-refractivity contribution in [3.63, 3.8) is 0 Å². The van der Waals surface area contributed by atoms with Crippen LogP contribution in [0.1, 0.15) is 97.9 Å². The van der Waals surface area contributed by atoms with Gasteiger partial charge in [0.2, 0.25) is 17.7 Å². The van der Waals surface area contributed by atoms with Gasteiger partial charge in [0.1, 0.15) is 30.0 Å². The largest absolute Gasteiger partial charge is 0.481 e. The second-order valence-corrected chi connectivity index (χ2v) is 25.4. The summed E-state index contributed by atoms with van der Waals surface area (Å²) >= 11 is 3.31. The number of fused-ring (bicyclic) bond motifs is 3. The molecule has 0 heterocycles. The number of ether oxygens (including phenoxy) is 1. The molecule has 0 aliphatic heterocycles.